The van der Waals surface area contributed by atoms with E-state index in [2.05, 4.69) is 19.2 Å². The molecule has 128 valence electrons. The summed E-state index contributed by atoms with van der Waals surface area (Å²) in [5.74, 6) is 0.0738. The maximum atomic E-state index is 12.5. The first-order valence-corrected chi connectivity index (χ1v) is 8.57. The second kappa shape index (κ2) is 8.30. The van der Waals surface area contributed by atoms with Crippen LogP contribution in [-0.4, -0.2) is 5.91 Å². The number of carbonyl (C=O) groups is 1. The van der Waals surface area contributed by atoms with E-state index < -0.39 is 0 Å². The Hall–Kier alpha value is -2.86. The molecule has 2 aromatic rings. The van der Waals surface area contributed by atoms with Crippen molar-refractivity contribution in [2.45, 2.75) is 40.0 Å². The highest BCUT2D eigenvalue weighted by atomic mass is 16.1. The maximum absolute atomic E-state index is 12.5. The van der Waals surface area contributed by atoms with Gasteiger partial charge < -0.3 is 5.32 Å². The van der Waals surface area contributed by atoms with E-state index in [1.54, 1.807) is 6.08 Å². The highest BCUT2D eigenvalue weighted by molar-refractivity contribution is 6.10. The molecule has 0 radical (unpaired) electrons. The van der Waals surface area contributed by atoms with Gasteiger partial charge >= 0.3 is 0 Å². The van der Waals surface area contributed by atoms with Gasteiger partial charge in [0.05, 0.1) is 0 Å². The molecule has 0 aliphatic heterocycles. The van der Waals surface area contributed by atoms with Crippen LogP contribution < -0.4 is 5.32 Å². The molecule has 0 saturated heterocycles. The summed E-state index contributed by atoms with van der Waals surface area (Å²) in [7, 11) is 0. The summed E-state index contributed by atoms with van der Waals surface area (Å²) in [6.45, 7) is 8.26. The topological polar surface area (TPSA) is 52.9 Å². The first-order chi connectivity index (χ1) is 12.0. The Balaban J connectivity index is 2.26. The molecular formula is C22H24N2O. The standard InChI is InChI=1S/C22H24N2O/c1-5-18-8-6-7-16(4)21(18)24-22(25)20(14-23)13-17-9-11-19(12-10-17)15(2)3/h6-13,15H,5H2,1-4H3,(H,24,25)/b20-13+. The molecule has 0 heterocycles. The number of hydrogen-bond acceptors (Lipinski definition) is 2. The molecule has 2 aromatic carbocycles. The molecule has 0 saturated carbocycles. The highest BCUT2D eigenvalue weighted by Crippen LogP contribution is 2.22. The molecule has 2 rings (SSSR count). The maximum Gasteiger partial charge on any atom is 0.266 e. The minimum atomic E-state index is -0.376. The van der Waals surface area contributed by atoms with Gasteiger partial charge in [0.15, 0.2) is 0 Å². The number of anilines is 1. The van der Waals surface area contributed by atoms with Gasteiger partial charge in [0.2, 0.25) is 0 Å². The Morgan fingerprint density at radius 2 is 1.88 bits per heavy atom. The molecule has 0 aliphatic rings. The largest absolute Gasteiger partial charge is 0.321 e. The SMILES string of the molecule is CCc1cccc(C)c1NC(=O)/C(C#N)=C/c1ccc(C(C)C)cc1. The third-order valence-electron chi connectivity index (χ3n) is 4.26. The number of nitrogens with one attached hydrogen (secondary N) is 1. The zero-order chi connectivity index (χ0) is 18.4. The summed E-state index contributed by atoms with van der Waals surface area (Å²) in [5.41, 5.74) is 5.02. The van der Waals surface area contributed by atoms with Crippen LogP contribution in [-0.2, 0) is 11.2 Å². The first-order valence-electron chi connectivity index (χ1n) is 8.57. The molecule has 1 amide bonds. The predicted molar refractivity (Wildman–Crippen MR) is 103 cm³/mol. The lowest BCUT2D eigenvalue weighted by molar-refractivity contribution is -0.112. The van der Waals surface area contributed by atoms with Crippen LogP contribution in [0, 0.1) is 18.3 Å². The van der Waals surface area contributed by atoms with Crippen molar-refractivity contribution in [2.24, 2.45) is 0 Å². The number of carbonyl (C=O) groups excluding carboxylic acids is 1. The Kier molecular flexibility index (Phi) is 6.14. The van der Waals surface area contributed by atoms with Crippen molar-refractivity contribution in [1.82, 2.24) is 0 Å². The van der Waals surface area contributed by atoms with Gasteiger partial charge in [-0.1, -0.05) is 63.2 Å². The number of aryl methyl sites for hydroxylation is 2. The number of para-hydroxylation sites is 1. The van der Waals surface area contributed by atoms with Crippen molar-refractivity contribution in [2.75, 3.05) is 5.32 Å². The minimum absolute atomic E-state index is 0.0996. The highest BCUT2D eigenvalue weighted by Gasteiger charge is 2.13. The van der Waals surface area contributed by atoms with Crippen LogP contribution in [0.25, 0.3) is 6.08 Å². The number of rotatable bonds is 5. The summed E-state index contributed by atoms with van der Waals surface area (Å²) >= 11 is 0. The van der Waals surface area contributed by atoms with Crippen molar-refractivity contribution in [3.05, 3.63) is 70.3 Å². The van der Waals surface area contributed by atoms with E-state index in [0.29, 0.717) is 5.92 Å². The molecule has 25 heavy (non-hydrogen) atoms. The van der Waals surface area contributed by atoms with Crippen LogP contribution in [0.4, 0.5) is 5.69 Å². The molecule has 0 unspecified atom stereocenters. The fourth-order valence-electron chi connectivity index (χ4n) is 2.68. The third-order valence-corrected chi connectivity index (χ3v) is 4.26. The monoisotopic (exact) mass is 332 g/mol. The molecule has 0 aliphatic carbocycles. The Morgan fingerprint density at radius 3 is 2.44 bits per heavy atom. The number of amides is 1. The number of hydrogen-bond donors (Lipinski definition) is 1. The fourth-order valence-corrected chi connectivity index (χ4v) is 2.68. The molecular weight excluding hydrogens is 308 g/mol. The van der Waals surface area contributed by atoms with Gasteiger partial charge in [-0.2, -0.15) is 5.26 Å². The molecule has 0 aromatic heterocycles. The van der Waals surface area contributed by atoms with E-state index in [9.17, 15) is 10.1 Å². The van der Waals surface area contributed by atoms with Crippen LogP contribution in [0.5, 0.6) is 0 Å². The second-order valence-electron chi connectivity index (χ2n) is 6.41. The van der Waals surface area contributed by atoms with Gasteiger partial charge in [-0.25, -0.2) is 0 Å². The summed E-state index contributed by atoms with van der Waals surface area (Å²) in [5, 5.41) is 12.3. The Morgan fingerprint density at radius 1 is 1.20 bits per heavy atom. The van der Waals surface area contributed by atoms with Crippen molar-refractivity contribution in [1.29, 1.82) is 5.26 Å². The fraction of sp³-hybridized carbons (Fsp3) is 0.273. The number of nitriles is 1. The molecule has 3 heteroatoms. The van der Waals surface area contributed by atoms with Crippen molar-refractivity contribution < 1.29 is 4.79 Å². The van der Waals surface area contributed by atoms with Crippen LogP contribution in [0.15, 0.2) is 48.0 Å². The van der Waals surface area contributed by atoms with Gasteiger partial charge in [0, 0.05) is 5.69 Å². The first kappa shape index (κ1) is 18.5. The molecule has 0 spiro atoms. The van der Waals surface area contributed by atoms with Crippen LogP contribution >= 0.6 is 0 Å². The third kappa shape index (κ3) is 4.58. The summed E-state index contributed by atoms with van der Waals surface area (Å²) in [6, 6.07) is 15.9. The van der Waals surface area contributed by atoms with Crippen molar-refractivity contribution >= 4 is 17.7 Å². The Bertz CT molecular complexity index is 824. The molecule has 0 atom stereocenters. The molecule has 0 fully saturated rings. The van der Waals surface area contributed by atoms with Gasteiger partial charge in [-0.05, 0) is 47.6 Å². The second-order valence-corrected chi connectivity index (χ2v) is 6.41. The summed E-state index contributed by atoms with van der Waals surface area (Å²) in [4.78, 5) is 12.5. The molecule has 1 N–H and O–H groups in total. The lowest BCUT2D eigenvalue weighted by Crippen LogP contribution is -2.15. The van der Waals surface area contributed by atoms with Crippen molar-refractivity contribution in [3.8, 4) is 6.07 Å². The van der Waals surface area contributed by atoms with E-state index in [1.165, 1.54) is 5.56 Å². The minimum Gasteiger partial charge on any atom is -0.321 e. The smallest absolute Gasteiger partial charge is 0.266 e. The molecule has 3 nitrogen and oxygen atoms in total. The van der Waals surface area contributed by atoms with Gasteiger partial charge in [0.25, 0.3) is 5.91 Å². The molecule has 0 bridgehead atoms. The van der Waals surface area contributed by atoms with E-state index in [4.69, 9.17) is 0 Å². The zero-order valence-electron chi connectivity index (χ0n) is 15.3. The van der Waals surface area contributed by atoms with E-state index >= 15 is 0 Å². The summed E-state index contributed by atoms with van der Waals surface area (Å²) in [6.07, 6.45) is 2.45. The average Bonchev–Trinajstić information content (AvgIpc) is 2.61. The normalized spacial score (nSPS) is 11.3. The van der Waals surface area contributed by atoms with Gasteiger partial charge in [-0.15, -0.1) is 0 Å². The quantitative estimate of drug-likeness (QED) is 0.602. The predicted octanol–water partition coefficient (Wildman–Crippen LogP) is 5.23. The average molecular weight is 332 g/mol. The lowest BCUT2D eigenvalue weighted by Gasteiger charge is -2.12. The summed E-state index contributed by atoms with van der Waals surface area (Å²) < 4.78 is 0. The van der Waals surface area contributed by atoms with E-state index in [-0.39, 0.29) is 11.5 Å². The van der Waals surface area contributed by atoms with Crippen LogP contribution in [0.2, 0.25) is 0 Å². The number of benzene rings is 2. The van der Waals surface area contributed by atoms with Crippen molar-refractivity contribution in [3.63, 3.8) is 0 Å². The number of nitrogens with zero attached hydrogens (tertiary/aromatic N) is 1. The lowest BCUT2D eigenvalue weighted by atomic mass is 10.0. The van der Waals surface area contributed by atoms with Gasteiger partial charge in [0.1, 0.15) is 11.6 Å². The zero-order valence-corrected chi connectivity index (χ0v) is 15.3. The van der Waals surface area contributed by atoms with E-state index in [1.807, 2.05) is 62.4 Å². The van der Waals surface area contributed by atoms with Crippen LogP contribution in [0.3, 0.4) is 0 Å². The van der Waals surface area contributed by atoms with Gasteiger partial charge in [-0.3, -0.25) is 4.79 Å². The Labute approximate surface area is 150 Å². The van der Waals surface area contributed by atoms with Crippen LogP contribution in [0.1, 0.15) is 48.9 Å². The van der Waals surface area contributed by atoms with E-state index in [0.717, 1.165) is 28.8 Å².